The van der Waals surface area contributed by atoms with Gasteiger partial charge in [0.05, 0.1) is 25.7 Å². The van der Waals surface area contributed by atoms with Crippen molar-refractivity contribution < 1.29 is 14.3 Å². The molecule has 3 rings (SSSR count). The van der Waals surface area contributed by atoms with E-state index in [1.54, 1.807) is 17.4 Å². The van der Waals surface area contributed by atoms with Crippen molar-refractivity contribution in [1.29, 1.82) is 0 Å². The zero-order chi connectivity index (χ0) is 16.1. The summed E-state index contributed by atoms with van der Waals surface area (Å²) >= 11 is 1.65. The van der Waals surface area contributed by atoms with Gasteiger partial charge in [-0.2, -0.15) is 0 Å². The van der Waals surface area contributed by atoms with Gasteiger partial charge >= 0.3 is 0 Å². The molecule has 5 heteroatoms. The Kier molecular flexibility index (Phi) is 5.51. The highest BCUT2D eigenvalue weighted by Gasteiger charge is 2.47. The van der Waals surface area contributed by atoms with Gasteiger partial charge in [0.1, 0.15) is 0 Å². The summed E-state index contributed by atoms with van der Waals surface area (Å²) in [6.45, 7) is 7.28. The van der Waals surface area contributed by atoms with Crippen LogP contribution in [0.5, 0.6) is 0 Å². The van der Waals surface area contributed by atoms with Crippen LogP contribution in [0.25, 0.3) is 0 Å². The van der Waals surface area contributed by atoms with E-state index in [-0.39, 0.29) is 17.4 Å². The number of likely N-dealkylation sites (tertiary alicyclic amines) is 1. The molecule has 0 unspecified atom stereocenters. The molecule has 126 valence electrons. The first-order valence-corrected chi connectivity index (χ1v) is 9.22. The van der Waals surface area contributed by atoms with Crippen LogP contribution in [0.2, 0.25) is 0 Å². The van der Waals surface area contributed by atoms with Gasteiger partial charge < -0.3 is 14.4 Å². The van der Waals surface area contributed by atoms with E-state index in [4.69, 9.17) is 9.47 Å². The number of carbonyl (C=O) groups excluding carboxylic acids is 1. The summed E-state index contributed by atoms with van der Waals surface area (Å²) in [7, 11) is 0. The molecule has 0 aromatic carbocycles. The highest BCUT2D eigenvalue weighted by Crippen LogP contribution is 2.40. The quantitative estimate of drug-likeness (QED) is 0.593. The van der Waals surface area contributed by atoms with Crippen LogP contribution in [0.4, 0.5) is 0 Å². The van der Waals surface area contributed by atoms with Crippen molar-refractivity contribution in [2.45, 2.75) is 31.8 Å². The van der Waals surface area contributed by atoms with Crippen LogP contribution in [0.3, 0.4) is 0 Å². The topological polar surface area (TPSA) is 38.8 Å². The first-order chi connectivity index (χ1) is 11.2. The number of thiophene rings is 1. The van der Waals surface area contributed by atoms with Crippen molar-refractivity contribution in [2.24, 2.45) is 5.41 Å². The average Bonchev–Trinajstić information content (AvgIpc) is 3.07. The lowest BCUT2D eigenvalue weighted by molar-refractivity contribution is -0.163. The second-order valence-corrected chi connectivity index (χ2v) is 7.52. The minimum atomic E-state index is -0.0510. The minimum Gasteiger partial charge on any atom is -0.377 e. The Morgan fingerprint density at radius 3 is 3.30 bits per heavy atom. The Bertz CT molecular complexity index is 530. The molecule has 0 bridgehead atoms. The van der Waals surface area contributed by atoms with Crippen LogP contribution >= 0.6 is 11.3 Å². The number of ether oxygens (including phenoxy) is 2. The third kappa shape index (κ3) is 3.84. The summed E-state index contributed by atoms with van der Waals surface area (Å²) in [6.07, 6.45) is 5.52. The van der Waals surface area contributed by atoms with E-state index in [0.717, 1.165) is 43.8 Å². The van der Waals surface area contributed by atoms with Crippen LogP contribution in [0, 0.1) is 5.41 Å². The van der Waals surface area contributed by atoms with Gasteiger partial charge in [-0.3, -0.25) is 4.79 Å². The Morgan fingerprint density at radius 2 is 2.52 bits per heavy atom. The molecule has 4 nitrogen and oxygen atoms in total. The van der Waals surface area contributed by atoms with E-state index in [1.807, 2.05) is 22.4 Å². The van der Waals surface area contributed by atoms with Crippen LogP contribution in [0.15, 0.2) is 30.2 Å². The molecule has 1 aromatic rings. The number of piperidine rings is 1. The first-order valence-electron chi connectivity index (χ1n) is 8.34. The molecule has 0 radical (unpaired) electrons. The molecule has 1 amide bonds. The average molecular weight is 335 g/mol. The van der Waals surface area contributed by atoms with E-state index in [1.165, 1.54) is 0 Å². The van der Waals surface area contributed by atoms with Crippen LogP contribution in [0.1, 0.15) is 24.1 Å². The largest absolute Gasteiger partial charge is 0.377 e. The van der Waals surface area contributed by atoms with Crippen molar-refractivity contribution in [1.82, 2.24) is 4.90 Å². The summed E-state index contributed by atoms with van der Waals surface area (Å²) in [4.78, 5) is 15.8. The molecule has 1 aromatic heterocycles. The molecule has 2 atom stereocenters. The van der Waals surface area contributed by atoms with Crippen molar-refractivity contribution in [3.8, 4) is 0 Å². The lowest BCUT2D eigenvalue weighted by Gasteiger charge is -2.50. The standard InChI is InChI=1S/C18H25NO3S/c1-2-9-21-14-18-7-4-10-22-16(18)6-8-19(13-18)17(20)12-15-5-3-11-23-15/h2-3,5,11,16H,1,4,6-10,12-14H2/t16-,18-/m1/s1. The maximum atomic E-state index is 12.6. The van der Waals surface area contributed by atoms with Gasteiger partial charge in [0.15, 0.2) is 0 Å². The van der Waals surface area contributed by atoms with Crippen molar-refractivity contribution in [3.63, 3.8) is 0 Å². The molecule has 2 saturated heterocycles. The Morgan fingerprint density at radius 1 is 1.61 bits per heavy atom. The molecule has 0 aliphatic carbocycles. The highest BCUT2D eigenvalue weighted by molar-refractivity contribution is 7.10. The van der Waals surface area contributed by atoms with E-state index in [2.05, 4.69) is 6.58 Å². The zero-order valence-corrected chi connectivity index (χ0v) is 14.4. The fraction of sp³-hybridized carbons (Fsp3) is 0.611. The van der Waals surface area contributed by atoms with E-state index in [0.29, 0.717) is 19.6 Å². The normalized spacial score (nSPS) is 27.5. The van der Waals surface area contributed by atoms with E-state index in [9.17, 15) is 4.79 Å². The van der Waals surface area contributed by atoms with Crippen LogP contribution < -0.4 is 0 Å². The van der Waals surface area contributed by atoms with Gasteiger partial charge in [0, 0.05) is 30.0 Å². The van der Waals surface area contributed by atoms with Crippen molar-refractivity contribution in [2.75, 3.05) is 32.9 Å². The molecule has 2 aliphatic rings. The van der Waals surface area contributed by atoms with Gasteiger partial charge in [0.2, 0.25) is 5.91 Å². The molecule has 0 spiro atoms. The third-order valence-corrected chi connectivity index (χ3v) is 5.75. The molecule has 0 N–H and O–H groups in total. The summed E-state index contributed by atoms with van der Waals surface area (Å²) in [6, 6.07) is 4.03. The van der Waals surface area contributed by atoms with Gasteiger partial charge in [-0.05, 0) is 30.7 Å². The maximum Gasteiger partial charge on any atom is 0.227 e. The Balaban J connectivity index is 1.67. The molecule has 23 heavy (non-hydrogen) atoms. The lowest BCUT2D eigenvalue weighted by atomic mass is 9.73. The molecule has 0 saturated carbocycles. The van der Waals surface area contributed by atoms with Crippen molar-refractivity contribution in [3.05, 3.63) is 35.0 Å². The molecular formula is C18H25NO3S. The molecule has 3 heterocycles. The smallest absolute Gasteiger partial charge is 0.227 e. The fourth-order valence-electron chi connectivity index (χ4n) is 3.73. The summed E-state index contributed by atoms with van der Waals surface area (Å²) in [5.74, 6) is 0.222. The third-order valence-electron chi connectivity index (χ3n) is 4.87. The van der Waals surface area contributed by atoms with Gasteiger partial charge in [-0.25, -0.2) is 0 Å². The fourth-order valence-corrected chi connectivity index (χ4v) is 4.43. The molecule has 2 fully saturated rings. The predicted octanol–water partition coefficient (Wildman–Crippen LogP) is 2.89. The summed E-state index contributed by atoms with van der Waals surface area (Å²) < 4.78 is 11.8. The van der Waals surface area contributed by atoms with Crippen LogP contribution in [-0.2, 0) is 20.7 Å². The maximum absolute atomic E-state index is 12.6. The number of rotatable bonds is 6. The molecule has 2 aliphatic heterocycles. The molecular weight excluding hydrogens is 310 g/mol. The number of amides is 1. The minimum absolute atomic E-state index is 0.0510. The SMILES string of the molecule is C=CCOC[C@]12CCCO[C@@H]1CCN(C(=O)Cc1cccs1)C2. The second kappa shape index (κ2) is 7.60. The number of hydrogen-bond acceptors (Lipinski definition) is 4. The Hall–Kier alpha value is -1.17. The van der Waals surface area contributed by atoms with Crippen molar-refractivity contribution >= 4 is 17.2 Å². The number of nitrogens with zero attached hydrogens (tertiary/aromatic N) is 1. The highest BCUT2D eigenvalue weighted by atomic mass is 32.1. The summed E-state index contributed by atoms with van der Waals surface area (Å²) in [5, 5.41) is 2.02. The number of hydrogen-bond donors (Lipinski definition) is 0. The zero-order valence-electron chi connectivity index (χ0n) is 13.5. The number of fused-ring (bicyclic) bond motifs is 1. The van der Waals surface area contributed by atoms with Gasteiger partial charge in [-0.15, -0.1) is 17.9 Å². The Labute approximate surface area is 142 Å². The monoisotopic (exact) mass is 335 g/mol. The first kappa shape index (κ1) is 16.7. The van der Waals surface area contributed by atoms with E-state index < -0.39 is 0 Å². The number of carbonyl (C=O) groups is 1. The van der Waals surface area contributed by atoms with E-state index >= 15 is 0 Å². The lowest BCUT2D eigenvalue weighted by Crippen LogP contribution is -2.58. The predicted molar refractivity (Wildman–Crippen MR) is 91.6 cm³/mol. The van der Waals surface area contributed by atoms with Gasteiger partial charge in [-0.1, -0.05) is 12.1 Å². The second-order valence-electron chi connectivity index (χ2n) is 6.49. The summed E-state index contributed by atoms with van der Waals surface area (Å²) in [5.41, 5.74) is -0.0510. The van der Waals surface area contributed by atoms with Crippen LogP contribution in [-0.4, -0.2) is 49.8 Å². The van der Waals surface area contributed by atoms with Gasteiger partial charge in [0.25, 0.3) is 0 Å².